The van der Waals surface area contributed by atoms with E-state index in [0.717, 1.165) is 22.3 Å². The summed E-state index contributed by atoms with van der Waals surface area (Å²) < 4.78 is 1.68. The van der Waals surface area contributed by atoms with Crippen LogP contribution in [0.4, 0.5) is 0 Å². The highest BCUT2D eigenvalue weighted by atomic mass is 35.5. The number of nitrogens with one attached hydrogen (secondary N) is 1. The summed E-state index contributed by atoms with van der Waals surface area (Å²) in [5.74, 6) is 5.97. The summed E-state index contributed by atoms with van der Waals surface area (Å²) in [4.78, 5) is 17.8. The molecule has 0 spiro atoms. The molecule has 0 saturated carbocycles. The Balaban J connectivity index is 1.59. The summed E-state index contributed by atoms with van der Waals surface area (Å²) >= 11 is 6.46. The third-order valence-electron chi connectivity index (χ3n) is 5.33. The molecule has 2 aromatic carbocycles. The van der Waals surface area contributed by atoms with E-state index in [1.165, 1.54) is 0 Å². The number of tetrazole rings is 1. The van der Waals surface area contributed by atoms with Gasteiger partial charge in [-0.3, -0.25) is 4.79 Å². The quantitative estimate of drug-likeness (QED) is 0.300. The monoisotopic (exact) mass is 488 g/mol. The Kier molecular flexibility index (Phi) is 7.10. The Morgan fingerprint density at radius 1 is 1.11 bits per heavy atom. The van der Waals surface area contributed by atoms with Crippen LogP contribution in [0.1, 0.15) is 53.1 Å². The number of nitrogens with zero attached hydrogens (tertiary/aromatic N) is 5. The molecule has 35 heavy (non-hydrogen) atoms. The lowest BCUT2D eigenvalue weighted by atomic mass is 10.0. The summed E-state index contributed by atoms with van der Waals surface area (Å²) in [5.41, 5.74) is 3.34. The molecule has 0 fully saturated rings. The molecule has 0 aliphatic carbocycles. The predicted octanol–water partition coefficient (Wildman–Crippen LogP) is 4.01. The second kappa shape index (κ2) is 10.2. The molecule has 0 amide bonds. The van der Waals surface area contributed by atoms with Crippen LogP contribution in [0.3, 0.4) is 0 Å². The molecule has 0 aliphatic rings. The van der Waals surface area contributed by atoms with Crippen LogP contribution in [0.5, 0.6) is 0 Å². The van der Waals surface area contributed by atoms with E-state index >= 15 is 0 Å². The van der Waals surface area contributed by atoms with Crippen molar-refractivity contribution in [1.82, 2.24) is 30.2 Å². The number of carbonyl (C=O) groups excluding carboxylic acids is 1. The minimum atomic E-state index is -1.23. The summed E-state index contributed by atoms with van der Waals surface area (Å²) in [6.07, 6.45) is 0.770. The number of aryl methyl sites for hydroxylation is 2. The fourth-order valence-corrected chi connectivity index (χ4v) is 3.74. The fraction of sp³-hybridized carbons (Fsp3) is 0.269. The van der Waals surface area contributed by atoms with Gasteiger partial charge in [-0.15, -0.1) is 10.2 Å². The topological polar surface area (TPSA) is 110 Å². The lowest BCUT2D eigenvalue weighted by Crippen LogP contribution is -2.15. The van der Waals surface area contributed by atoms with Gasteiger partial charge in [-0.1, -0.05) is 60.0 Å². The number of aromatic amines is 1. The average molecular weight is 489 g/mol. The van der Waals surface area contributed by atoms with Crippen molar-refractivity contribution in [3.8, 4) is 23.2 Å². The molecule has 2 aromatic heterocycles. The first kappa shape index (κ1) is 24.3. The lowest BCUT2D eigenvalue weighted by molar-refractivity contribution is 0.0973. The average Bonchev–Trinajstić information content (AvgIpc) is 3.46. The van der Waals surface area contributed by atoms with Crippen molar-refractivity contribution in [3.05, 3.63) is 81.9 Å². The number of aliphatic hydroxyl groups is 1. The third kappa shape index (κ3) is 6.21. The number of hydrogen-bond acceptors (Lipinski definition) is 6. The van der Waals surface area contributed by atoms with E-state index in [1.807, 2.05) is 55.5 Å². The predicted molar refractivity (Wildman–Crippen MR) is 133 cm³/mol. The number of imidazole rings is 1. The molecule has 0 unspecified atom stereocenters. The third-order valence-corrected chi connectivity index (χ3v) is 5.62. The molecule has 0 saturated heterocycles. The molecule has 2 heterocycles. The van der Waals surface area contributed by atoms with Gasteiger partial charge in [-0.2, -0.15) is 5.21 Å². The van der Waals surface area contributed by atoms with Crippen LogP contribution in [-0.2, 0) is 13.0 Å². The first-order valence-corrected chi connectivity index (χ1v) is 11.5. The molecule has 0 atom stereocenters. The number of ketones is 1. The zero-order valence-corrected chi connectivity index (χ0v) is 20.5. The van der Waals surface area contributed by atoms with Crippen LogP contribution in [-0.4, -0.2) is 46.7 Å². The Hall–Kier alpha value is -3.80. The van der Waals surface area contributed by atoms with E-state index in [1.54, 1.807) is 18.4 Å². The van der Waals surface area contributed by atoms with E-state index < -0.39 is 5.60 Å². The highest BCUT2D eigenvalue weighted by Crippen LogP contribution is 2.22. The van der Waals surface area contributed by atoms with E-state index in [0.29, 0.717) is 24.5 Å². The Labute approximate surface area is 208 Å². The van der Waals surface area contributed by atoms with Crippen molar-refractivity contribution in [2.45, 2.75) is 45.8 Å². The lowest BCUT2D eigenvalue weighted by Gasteiger charge is -2.10. The van der Waals surface area contributed by atoms with Crippen molar-refractivity contribution in [1.29, 1.82) is 0 Å². The normalized spacial score (nSPS) is 11.2. The van der Waals surface area contributed by atoms with Gasteiger partial charge in [0.15, 0.2) is 5.78 Å². The first-order chi connectivity index (χ1) is 16.7. The molecule has 0 bridgehead atoms. The van der Waals surface area contributed by atoms with Crippen molar-refractivity contribution < 1.29 is 9.90 Å². The van der Waals surface area contributed by atoms with Gasteiger partial charge in [0.25, 0.3) is 0 Å². The van der Waals surface area contributed by atoms with Crippen molar-refractivity contribution in [2.24, 2.45) is 0 Å². The highest BCUT2D eigenvalue weighted by Gasteiger charge is 2.22. The zero-order valence-electron chi connectivity index (χ0n) is 19.7. The Morgan fingerprint density at radius 3 is 2.43 bits per heavy atom. The van der Waals surface area contributed by atoms with Crippen molar-refractivity contribution in [2.75, 3.05) is 0 Å². The van der Waals surface area contributed by atoms with E-state index in [-0.39, 0.29) is 23.2 Å². The van der Waals surface area contributed by atoms with Crippen LogP contribution in [0, 0.1) is 18.8 Å². The minimum Gasteiger partial charge on any atom is -0.378 e. The van der Waals surface area contributed by atoms with E-state index in [4.69, 9.17) is 11.6 Å². The van der Waals surface area contributed by atoms with Crippen LogP contribution >= 0.6 is 11.6 Å². The maximum absolute atomic E-state index is 13.4. The van der Waals surface area contributed by atoms with Gasteiger partial charge in [0.2, 0.25) is 11.1 Å². The van der Waals surface area contributed by atoms with E-state index in [2.05, 4.69) is 37.4 Å². The first-order valence-electron chi connectivity index (χ1n) is 11.1. The molecule has 2 N–H and O–H groups in total. The van der Waals surface area contributed by atoms with Gasteiger partial charge in [-0.05, 0) is 61.1 Å². The number of Topliss-reactive ketones (excluding diaryl/α,β-unsaturated/α-hetero) is 1. The SMILES string of the molecule is Cc1ccc(Cn2c(Cl)nc(C#CC(C)(C)O)c2C(=O)CCc2ccc(-c3nn[nH]n3)cc2)cc1. The molecular weight excluding hydrogens is 464 g/mol. The molecule has 4 aromatic rings. The second-order valence-electron chi connectivity index (χ2n) is 8.81. The standard InChI is InChI=1S/C26H25ClN6O2/c1-17-4-6-19(7-5-17)16-33-23(21(28-25(33)27)14-15-26(2,3)35)22(34)13-10-18-8-11-20(12-9-18)24-29-31-32-30-24/h4-9,11-12,35H,10,13,16H2,1-3H3,(H,29,30,31,32). The smallest absolute Gasteiger partial charge is 0.204 e. The van der Waals surface area contributed by atoms with Crippen LogP contribution in [0.2, 0.25) is 5.28 Å². The maximum atomic E-state index is 13.4. The summed E-state index contributed by atoms with van der Waals surface area (Å²) in [5, 5.41) is 24.2. The van der Waals surface area contributed by atoms with E-state index in [9.17, 15) is 9.90 Å². The Bertz CT molecular complexity index is 1370. The summed E-state index contributed by atoms with van der Waals surface area (Å²) in [6, 6.07) is 15.7. The minimum absolute atomic E-state index is 0.126. The van der Waals surface area contributed by atoms with Crippen molar-refractivity contribution >= 4 is 17.4 Å². The molecular formula is C26H25ClN6O2. The molecule has 0 aliphatic heterocycles. The number of hydrogen-bond donors (Lipinski definition) is 2. The number of aromatic nitrogens is 6. The highest BCUT2D eigenvalue weighted by molar-refractivity contribution is 6.29. The summed E-state index contributed by atoms with van der Waals surface area (Å²) in [6.45, 7) is 5.55. The number of H-pyrrole nitrogens is 1. The number of halogens is 1. The second-order valence-corrected chi connectivity index (χ2v) is 9.15. The van der Waals surface area contributed by atoms with Crippen LogP contribution in [0.25, 0.3) is 11.4 Å². The van der Waals surface area contributed by atoms with Gasteiger partial charge >= 0.3 is 0 Å². The van der Waals surface area contributed by atoms with Gasteiger partial charge in [0.05, 0.1) is 6.54 Å². The number of carbonyl (C=O) groups is 1. The molecule has 178 valence electrons. The maximum Gasteiger partial charge on any atom is 0.204 e. The molecule has 0 radical (unpaired) electrons. The fourth-order valence-electron chi connectivity index (χ4n) is 3.51. The Morgan fingerprint density at radius 2 is 1.80 bits per heavy atom. The number of benzene rings is 2. The van der Waals surface area contributed by atoms with Gasteiger partial charge in [-0.25, -0.2) is 4.98 Å². The van der Waals surface area contributed by atoms with Crippen LogP contribution in [0.15, 0.2) is 48.5 Å². The number of rotatable bonds is 7. The molecule has 4 rings (SSSR count). The largest absolute Gasteiger partial charge is 0.378 e. The van der Waals surface area contributed by atoms with Crippen molar-refractivity contribution in [3.63, 3.8) is 0 Å². The molecule has 9 heteroatoms. The van der Waals surface area contributed by atoms with Gasteiger partial charge in [0, 0.05) is 12.0 Å². The van der Waals surface area contributed by atoms with Gasteiger partial charge < -0.3 is 9.67 Å². The van der Waals surface area contributed by atoms with Crippen LogP contribution < -0.4 is 0 Å². The van der Waals surface area contributed by atoms with Gasteiger partial charge in [0.1, 0.15) is 17.0 Å². The summed E-state index contributed by atoms with van der Waals surface area (Å²) in [7, 11) is 0. The molecule has 8 nitrogen and oxygen atoms in total. The zero-order chi connectivity index (χ0) is 25.0.